The fraction of sp³-hybridized carbons (Fsp3) is 0.167. The van der Waals surface area contributed by atoms with Gasteiger partial charge < -0.3 is 0 Å². The summed E-state index contributed by atoms with van der Waals surface area (Å²) in [7, 11) is 0.476. The number of rotatable bonds is 3. The Labute approximate surface area is 236 Å². The Balaban J connectivity index is 1.71. The molecule has 0 aliphatic carbocycles. The van der Waals surface area contributed by atoms with Crippen LogP contribution in [0.15, 0.2) is 97.1 Å². The van der Waals surface area contributed by atoms with E-state index in [1.807, 2.05) is 0 Å². The first kappa shape index (κ1) is 24.7. The van der Waals surface area contributed by atoms with Gasteiger partial charge in [0, 0.05) is 10.9 Å². The highest BCUT2D eigenvalue weighted by Crippen LogP contribution is 2.38. The molecule has 0 radical (unpaired) electrons. The molecule has 0 aliphatic rings. The molecule has 0 aliphatic heterocycles. The molecule has 4 aromatic carbocycles. The fourth-order valence-electron chi connectivity index (χ4n) is 6.57. The van der Waals surface area contributed by atoms with Gasteiger partial charge in [0.15, 0.2) is 11.0 Å². The maximum atomic E-state index is 5.61. The van der Waals surface area contributed by atoms with Crippen LogP contribution in [-0.2, 0) is 7.05 Å². The zero-order valence-electron chi connectivity index (χ0n) is 24.1. The molecule has 0 saturated heterocycles. The van der Waals surface area contributed by atoms with E-state index in [2.05, 4.69) is 147 Å². The molecule has 0 atom stereocenters. The molecule has 0 spiro atoms. The van der Waals surface area contributed by atoms with Crippen molar-refractivity contribution < 1.29 is 4.57 Å². The highest BCUT2D eigenvalue weighted by Gasteiger charge is 2.29. The Hall–Kier alpha value is -4.28. The smallest absolute Gasteiger partial charge is 0.247 e. The second kappa shape index (κ2) is 8.87. The van der Waals surface area contributed by atoms with E-state index in [0.717, 1.165) is 11.2 Å². The molecule has 0 amide bonds. The third-order valence-electron chi connectivity index (χ3n) is 8.40. The first-order chi connectivity index (χ1) is 19.3. The zero-order valence-corrected chi connectivity index (χ0v) is 25.1. The van der Waals surface area contributed by atoms with Crippen molar-refractivity contribution in [1.82, 2.24) is 9.38 Å². The molecule has 3 heterocycles. The van der Waals surface area contributed by atoms with Crippen LogP contribution >= 0.6 is 0 Å². The average Bonchev–Trinajstić information content (AvgIpc) is 3.25. The van der Waals surface area contributed by atoms with E-state index in [4.69, 9.17) is 4.98 Å². The van der Waals surface area contributed by atoms with Crippen LogP contribution in [0, 0.1) is 13.8 Å². The molecule has 0 unspecified atom stereocenters. The van der Waals surface area contributed by atoms with Crippen LogP contribution in [0.1, 0.15) is 11.1 Å². The van der Waals surface area contributed by atoms with Crippen LogP contribution in [0.3, 0.4) is 0 Å². The van der Waals surface area contributed by atoms with Gasteiger partial charge in [0.1, 0.15) is 5.52 Å². The molecule has 0 bridgehead atoms. The first-order valence-corrected chi connectivity index (χ1v) is 17.6. The predicted octanol–water partition coefficient (Wildman–Crippen LogP) is 8.11. The van der Waals surface area contributed by atoms with Gasteiger partial charge in [0.25, 0.3) is 5.65 Å². The lowest BCUT2D eigenvalue weighted by molar-refractivity contribution is -0.617. The maximum Gasteiger partial charge on any atom is 0.297 e. The van der Waals surface area contributed by atoms with E-state index in [9.17, 15) is 0 Å². The number of hydrogen-bond acceptors (Lipinski definition) is 1. The van der Waals surface area contributed by atoms with Gasteiger partial charge in [-0.3, -0.25) is 0 Å². The molecular formula is C36H34N3Si+. The standard InChI is InChI=1S/C36H34N3Si/c1-23-14-12-17-26(25-15-8-7-9-16-25)32(23)27-22-24(2)33-35(37-27)34-30(20-13-21-31(34)40(4,5)6)39-29-19-11-10-18-28(29)38(3)36(33)39/h7-22H,1-6H3/q+1. The van der Waals surface area contributed by atoms with Crippen LogP contribution in [0.5, 0.6) is 0 Å². The molecule has 3 nitrogen and oxygen atoms in total. The normalized spacial score (nSPS) is 12.2. The SMILES string of the molecule is Cc1cccc(-c2ccccc2)c1-c1cc(C)c2c(n1)c1c([Si](C)(C)C)cccc1n1c3ccccc3[n+](C)c21. The number of hydrogen-bond donors (Lipinski definition) is 0. The van der Waals surface area contributed by atoms with Crippen molar-refractivity contribution >= 4 is 51.7 Å². The highest BCUT2D eigenvalue weighted by molar-refractivity contribution is 6.90. The van der Waals surface area contributed by atoms with Gasteiger partial charge in [-0.25, -0.2) is 9.55 Å². The number of aryl methyl sites for hydroxylation is 3. The molecule has 0 saturated carbocycles. The lowest BCUT2D eigenvalue weighted by atomic mass is 9.92. The molecule has 7 rings (SSSR count). The van der Waals surface area contributed by atoms with Gasteiger partial charge in [-0.05, 0) is 65.6 Å². The zero-order chi connectivity index (χ0) is 27.8. The summed E-state index contributed by atoms with van der Waals surface area (Å²) in [6, 6.07) is 35.2. The molecule has 40 heavy (non-hydrogen) atoms. The number of para-hydroxylation sites is 2. The van der Waals surface area contributed by atoms with Crippen LogP contribution in [0.2, 0.25) is 19.6 Å². The van der Waals surface area contributed by atoms with Crippen molar-refractivity contribution in [3.8, 4) is 22.4 Å². The predicted molar refractivity (Wildman–Crippen MR) is 172 cm³/mol. The maximum absolute atomic E-state index is 5.61. The van der Waals surface area contributed by atoms with Gasteiger partial charge in [0.2, 0.25) is 0 Å². The number of fused-ring (bicyclic) bond motifs is 8. The van der Waals surface area contributed by atoms with Crippen molar-refractivity contribution in [3.63, 3.8) is 0 Å². The Kier molecular flexibility index (Phi) is 5.48. The number of pyridine rings is 2. The summed E-state index contributed by atoms with van der Waals surface area (Å²) in [4.78, 5) is 5.61. The van der Waals surface area contributed by atoms with Crippen LogP contribution in [-0.4, -0.2) is 17.5 Å². The van der Waals surface area contributed by atoms with Crippen molar-refractivity contribution in [2.45, 2.75) is 33.5 Å². The molecule has 7 aromatic rings. The van der Waals surface area contributed by atoms with E-state index < -0.39 is 8.07 Å². The summed E-state index contributed by atoms with van der Waals surface area (Å²) in [5.41, 5.74) is 13.2. The van der Waals surface area contributed by atoms with Gasteiger partial charge >= 0.3 is 0 Å². The number of aromatic nitrogens is 3. The van der Waals surface area contributed by atoms with Crippen molar-refractivity contribution in [2.75, 3.05) is 0 Å². The number of nitrogens with zero attached hydrogens (tertiary/aromatic N) is 3. The molecule has 3 aromatic heterocycles. The van der Waals surface area contributed by atoms with Crippen molar-refractivity contribution in [3.05, 3.63) is 108 Å². The topological polar surface area (TPSA) is 21.2 Å². The van der Waals surface area contributed by atoms with Crippen LogP contribution in [0.4, 0.5) is 0 Å². The summed E-state index contributed by atoms with van der Waals surface area (Å²) >= 11 is 0. The van der Waals surface area contributed by atoms with Gasteiger partial charge in [-0.15, -0.1) is 0 Å². The first-order valence-electron chi connectivity index (χ1n) is 14.1. The second-order valence-electron chi connectivity index (χ2n) is 12.1. The van der Waals surface area contributed by atoms with Gasteiger partial charge in [-0.2, -0.15) is 4.40 Å². The van der Waals surface area contributed by atoms with E-state index in [1.54, 1.807) is 0 Å². The van der Waals surface area contributed by atoms with Crippen LogP contribution < -0.4 is 9.75 Å². The van der Waals surface area contributed by atoms with E-state index in [-0.39, 0.29) is 0 Å². The van der Waals surface area contributed by atoms with Crippen molar-refractivity contribution in [2.24, 2.45) is 7.05 Å². The Bertz CT molecular complexity index is 2120. The summed E-state index contributed by atoms with van der Waals surface area (Å²) in [6.45, 7) is 11.8. The third-order valence-corrected chi connectivity index (χ3v) is 10.4. The van der Waals surface area contributed by atoms with E-state index >= 15 is 0 Å². The number of imidazole rings is 1. The third kappa shape index (κ3) is 3.56. The minimum Gasteiger partial charge on any atom is -0.247 e. The Morgan fingerprint density at radius 1 is 0.700 bits per heavy atom. The van der Waals surface area contributed by atoms with Crippen molar-refractivity contribution in [1.29, 1.82) is 0 Å². The monoisotopic (exact) mass is 536 g/mol. The number of benzene rings is 4. The Morgan fingerprint density at radius 3 is 2.17 bits per heavy atom. The summed E-state index contributed by atoms with van der Waals surface area (Å²) in [6.07, 6.45) is 0. The lowest BCUT2D eigenvalue weighted by Crippen LogP contribution is -2.38. The molecular weight excluding hydrogens is 503 g/mol. The minimum atomic E-state index is -1.71. The van der Waals surface area contributed by atoms with E-state index in [0.29, 0.717) is 0 Å². The lowest BCUT2D eigenvalue weighted by Gasteiger charge is -2.21. The largest absolute Gasteiger partial charge is 0.297 e. The summed E-state index contributed by atoms with van der Waals surface area (Å²) in [5, 5.41) is 3.98. The molecule has 4 heteroatoms. The molecule has 0 N–H and O–H groups in total. The second-order valence-corrected chi connectivity index (χ2v) is 17.1. The minimum absolute atomic E-state index is 1.04. The fourth-order valence-corrected chi connectivity index (χ4v) is 8.16. The summed E-state index contributed by atoms with van der Waals surface area (Å²) < 4.78 is 4.81. The highest BCUT2D eigenvalue weighted by atomic mass is 28.3. The quantitative estimate of drug-likeness (QED) is 0.127. The molecule has 196 valence electrons. The Morgan fingerprint density at radius 2 is 1.40 bits per heavy atom. The van der Waals surface area contributed by atoms with Gasteiger partial charge in [-0.1, -0.05) is 92.4 Å². The average molecular weight is 537 g/mol. The van der Waals surface area contributed by atoms with Gasteiger partial charge in [0.05, 0.1) is 31.7 Å². The van der Waals surface area contributed by atoms with Crippen LogP contribution in [0.25, 0.3) is 60.9 Å². The summed E-state index contributed by atoms with van der Waals surface area (Å²) in [5.74, 6) is 0. The molecule has 0 fully saturated rings. The van der Waals surface area contributed by atoms with E-state index in [1.165, 1.54) is 66.0 Å².